The molecule has 0 aromatic heterocycles. The molecule has 3 heteroatoms. The first-order chi connectivity index (χ1) is 7.86. The largest absolute Gasteiger partial charge is 0.370 e. The van der Waals surface area contributed by atoms with Gasteiger partial charge in [0, 0.05) is 18.3 Å². The molecule has 1 saturated heterocycles. The van der Waals surface area contributed by atoms with Crippen molar-refractivity contribution in [1.82, 2.24) is 4.90 Å². The van der Waals surface area contributed by atoms with Gasteiger partial charge in [0.2, 0.25) is 0 Å². The lowest BCUT2D eigenvalue weighted by molar-refractivity contribution is 0.223. The summed E-state index contributed by atoms with van der Waals surface area (Å²) in [5.41, 5.74) is 1.35. The summed E-state index contributed by atoms with van der Waals surface area (Å²) in [5, 5.41) is 17.9. The van der Waals surface area contributed by atoms with E-state index in [1.54, 1.807) is 0 Å². The molecule has 0 N–H and O–H groups in total. The van der Waals surface area contributed by atoms with E-state index in [1.165, 1.54) is 32.1 Å². The number of likely N-dealkylation sites (tertiary alicyclic amines) is 1. The molecule has 2 fully saturated rings. The van der Waals surface area contributed by atoms with Crippen molar-refractivity contribution in [3.05, 3.63) is 11.3 Å². The maximum absolute atomic E-state index is 8.95. The van der Waals surface area contributed by atoms with Crippen LogP contribution in [-0.4, -0.2) is 17.5 Å². The third kappa shape index (κ3) is 2.04. The van der Waals surface area contributed by atoms with Crippen LogP contribution < -0.4 is 0 Å². The third-order valence-corrected chi connectivity index (χ3v) is 3.69. The fourth-order valence-corrected chi connectivity index (χ4v) is 2.91. The van der Waals surface area contributed by atoms with Gasteiger partial charge in [0.15, 0.2) is 0 Å². The Bertz CT molecular complexity index is 348. The number of hydrogen-bond donors (Lipinski definition) is 0. The zero-order valence-corrected chi connectivity index (χ0v) is 9.58. The van der Waals surface area contributed by atoms with E-state index in [2.05, 4.69) is 4.90 Å². The molecule has 1 aliphatic carbocycles. The Kier molecular flexibility index (Phi) is 3.47. The Balaban J connectivity index is 2.18. The molecular formula is C13H17N3. The molecule has 0 radical (unpaired) electrons. The van der Waals surface area contributed by atoms with Crippen LogP contribution in [0.1, 0.15) is 44.9 Å². The summed E-state index contributed by atoms with van der Waals surface area (Å²) in [6.07, 6.45) is 8.39. The van der Waals surface area contributed by atoms with Crippen molar-refractivity contribution in [3.63, 3.8) is 0 Å². The van der Waals surface area contributed by atoms with Gasteiger partial charge >= 0.3 is 0 Å². The minimum Gasteiger partial charge on any atom is -0.370 e. The summed E-state index contributed by atoms with van der Waals surface area (Å²) in [7, 11) is 0. The van der Waals surface area contributed by atoms with Crippen molar-refractivity contribution >= 4 is 0 Å². The van der Waals surface area contributed by atoms with Gasteiger partial charge in [-0.05, 0) is 25.7 Å². The highest BCUT2D eigenvalue weighted by Crippen LogP contribution is 2.32. The predicted octanol–water partition coefficient (Wildman–Crippen LogP) is 2.72. The monoisotopic (exact) mass is 215 g/mol. The molecule has 0 unspecified atom stereocenters. The highest BCUT2D eigenvalue weighted by molar-refractivity contribution is 5.40. The first kappa shape index (κ1) is 11.0. The highest BCUT2D eigenvalue weighted by Gasteiger charge is 2.28. The van der Waals surface area contributed by atoms with Gasteiger partial charge in [-0.3, -0.25) is 0 Å². The van der Waals surface area contributed by atoms with Crippen molar-refractivity contribution in [3.8, 4) is 12.1 Å². The van der Waals surface area contributed by atoms with Gasteiger partial charge in [0.1, 0.15) is 17.7 Å². The SMILES string of the molecule is N#CC(C#N)=C1CCCN1C1CCCCC1. The Morgan fingerprint density at radius 1 is 1.06 bits per heavy atom. The highest BCUT2D eigenvalue weighted by atomic mass is 15.2. The Morgan fingerprint density at radius 3 is 2.38 bits per heavy atom. The number of allylic oxidation sites excluding steroid dienone is 2. The number of hydrogen-bond acceptors (Lipinski definition) is 3. The molecule has 0 aromatic rings. The van der Waals surface area contributed by atoms with Crippen LogP contribution in [0.15, 0.2) is 11.3 Å². The molecule has 84 valence electrons. The van der Waals surface area contributed by atoms with E-state index >= 15 is 0 Å². The van der Waals surface area contributed by atoms with Gasteiger partial charge in [-0.1, -0.05) is 19.3 Å². The zero-order chi connectivity index (χ0) is 11.4. The topological polar surface area (TPSA) is 50.8 Å². The molecule has 0 aromatic carbocycles. The summed E-state index contributed by atoms with van der Waals surface area (Å²) >= 11 is 0. The van der Waals surface area contributed by atoms with E-state index in [0.717, 1.165) is 25.1 Å². The molecule has 1 heterocycles. The standard InChI is InChI=1S/C13H17N3/c14-9-11(10-15)13-7-4-8-16(13)12-5-2-1-3-6-12/h12H,1-8H2. The fourth-order valence-electron chi connectivity index (χ4n) is 2.91. The van der Waals surface area contributed by atoms with E-state index in [1.807, 2.05) is 12.1 Å². The molecule has 2 aliphatic rings. The van der Waals surface area contributed by atoms with Crippen molar-refractivity contribution in [1.29, 1.82) is 10.5 Å². The molecule has 0 spiro atoms. The minimum absolute atomic E-state index is 0.336. The van der Waals surface area contributed by atoms with Gasteiger partial charge in [-0.2, -0.15) is 10.5 Å². The van der Waals surface area contributed by atoms with E-state index < -0.39 is 0 Å². The van der Waals surface area contributed by atoms with Crippen molar-refractivity contribution < 1.29 is 0 Å². The molecule has 0 atom stereocenters. The molecule has 0 bridgehead atoms. The quantitative estimate of drug-likeness (QED) is 0.632. The number of nitrogens with zero attached hydrogens (tertiary/aromatic N) is 3. The van der Waals surface area contributed by atoms with Gasteiger partial charge in [-0.25, -0.2) is 0 Å². The fraction of sp³-hybridized carbons (Fsp3) is 0.692. The van der Waals surface area contributed by atoms with Crippen LogP contribution in [0.4, 0.5) is 0 Å². The molecule has 0 amide bonds. The van der Waals surface area contributed by atoms with Crippen LogP contribution in [0, 0.1) is 22.7 Å². The van der Waals surface area contributed by atoms with E-state index in [0.29, 0.717) is 11.6 Å². The van der Waals surface area contributed by atoms with Gasteiger partial charge in [0.05, 0.1) is 0 Å². The summed E-state index contributed by atoms with van der Waals surface area (Å²) in [5.74, 6) is 0. The smallest absolute Gasteiger partial charge is 0.148 e. The zero-order valence-electron chi connectivity index (χ0n) is 9.58. The molecule has 3 nitrogen and oxygen atoms in total. The van der Waals surface area contributed by atoms with Crippen LogP contribution in [0.3, 0.4) is 0 Å². The molecular weight excluding hydrogens is 198 g/mol. The third-order valence-electron chi connectivity index (χ3n) is 3.69. The van der Waals surface area contributed by atoms with Crippen LogP contribution in [-0.2, 0) is 0 Å². The lowest BCUT2D eigenvalue weighted by Gasteiger charge is -2.33. The Morgan fingerprint density at radius 2 is 1.75 bits per heavy atom. The minimum atomic E-state index is 0.336. The van der Waals surface area contributed by atoms with E-state index in [4.69, 9.17) is 10.5 Å². The molecule has 16 heavy (non-hydrogen) atoms. The summed E-state index contributed by atoms with van der Waals surface area (Å²) in [6, 6.07) is 4.67. The number of nitriles is 2. The van der Waals surface area contributed by atoms with E-state index in [9.17, 15) is 0 Å². The molecule has 1 saturated carbocycles. The molecule has 1 aliphatic heterocycles. The lowest BCUT2D eigenvalue weighted by Crippen LogP contribution is -2.33. The predicted molar refractivity (Wildman–Crippen MR) is 61.1 cm³/mol. The average molecular weight is 215 g/mol. The first-order valence-electron chi connectivity index (χ1n) is 6.17. The Hall–Kier alpha value is -1.48. The maximum Gasteiger partial charge on any atom is 0.148 e. The Labute approximate surface area is 97.0 Å². The van der Waals surface area contributed by atoms with Crippen molar-refractivity contribution in [2.45, 2.75) is 51.0 Å². The van der Waals surface area contributed by atoms with Crippen LogP contribution >= 0.6 is 0 Å². The lowest BCUT2D eigenvalue weighted by atomic mass is 9.94. The second-order valence-electron chi connectivity index (χ2n) is 4.63. The number of rotatable bonds is 1. The summed E-state index contributed by atoms with van der Waals surface area (Å²) in [6.45, 7) is 1.03. The van der Waals surface area contributed by atoms with Crippen LogP contribution in [0.25, 0.3) is 0 Å². The van der Waals surface area contributed by atoms with E-state index in [-0.39, 0.29) is 0 Å². The molecule has 2 rings (SSSR count). The van der Waals surface area contributed by atoms with Crippen molar-refractivity contribution in [2.24, 2.45) is 0 Å². The first-order valence-corrected chi connectivity index (χ1v) is 6.17. The maximum atomic E-state index is 8.95. The second kappa shape index (κ2) is 5.03. The average Bonchev–Trinajstić information content (AvgIpc) is 2.81. The van der Waals surface area contributed by atoms with Crippen LogP contribution in [0.5, 0.6) is 0 Å². The van der Waals surface area contributed by atoms with Crippen molar-refractivity contribution in [2.75, 3.05) is 6.54 Å². The van der Waals surface area contributed by atoms with Gasteiger partial charge in [0.25, 0.3) is 0 Å². The normalized spacial score (nSPS) is 21.6. The van der Waals surface area contributed by atoms with Gasteiger partial charge in [-0.15, -0.1) is 0 Å². The summed E-state index contributed by atoms with van der Waals surface area (Å²) in [4.78, 5) is 2.33. The van der Waals surface area contributed by atoms with Gasteiger partial charge < -0.3 is 4.90 Å². The second-order valence-corrected chi connectivity index (χ2v) is 4.63. The van der Waals surface area contributed by atoms with Crippen LogP contribution in [0.2, 0.25) is 0 Å². The summed E-state index contributed by atoms with van der Waals surface area (Å²) < 4.78 is 0.